The fraction of sp³-hybridized carbons (Fsp3) is 0.462. The fourth-order valence-electron chi connectivity index (χ4n) is 1.43. The molecule has 0 atom stereocenters. The van der Waals surface area contributed by atoms with Gasteiger partial charge in [0.2, 0.25) is 0 Å². The standard InChI is InChI=1S/C13H19NO3S2/c1-10(2)9-17-7-8-19(15,16)12-5-3-11(4-6-12)13(14)18/h3-6,10H,7-9H2,1-2H3,(H2,14,18). The normalized spacial score (nSPS) is 11.7. The zero-order chi connectivity index (χ0) is 14.5. The molecule has 1 rings (SSSR count). The molecule has 0 saturated carbocycles. The summed E-state index contributed by atoms with van der Waals surface area (Å²) in [6.45, 7) is 4.80. The van der Waals surface area contributed by atoms with Gasteiger partial charge >= 0.3 is 0 Å². The van der Waals surface area contributed by atoms with Gasteiger partial charge in [-0.1, -0.05) is 38.2 Å². The molecule has 0 aromatic heterocycles. The van der Waals surface area contributed by atoms with Crippen molar-refractivity contribution in [1.29, 1.82) is 0 Å². The molecular weight excluding hydrogens is 282 g/mol. The summed E-state index contributed by atoms with van der Waals surface area (Å²) in [6.07, 6.45) is 0. The highest BCUT2D eigenvalue weighted by molar-refractivity contribution is 7.91. The lowest BCUT2D eigenvalue weighted by molar-refractivity contribution is 0.123. The third-order valence-corrected chi connectivity index (χ3v) is 4.38. The summed E-state index contributed by atoms with van der Waals surface area (Å²) < 4.78 is 29.3. The molecule has 1 aromatic carbocycles. The van der Waals surface area contributed by atoms with E-state index in [4.69, 9.17) is 22.7 Å². The van der Waals surface area contributed by atoms with Crippen molar-refractivity contribution in [1.82, 2.24) is 0 Å². The third-order valence-electron chi connectivity index (χ3n) is 2.45. The Kier molecular flexibility index (Phi) is 5.90. The molecule has 0 aliphatic rings. The average Bonchev–Trinajstić information content (AvgIpc) is 2.34. The summed E-state index contributed by atoms with van der Waals surface area (Å²) >= 11 is 4.82. The van der Waals surface area contributed by atoms with Gasteiger partial charge in [-0.2, -0.15) is 0 Å². The van der Waals surface area contributed by atoms with Crippen molar-refractivity contribution in [2.24, 2.45) is 11.7 Å². The maximum atomic E-state index is 12.0. The van der Waals surface area contributed by atoms with E-state index in [0.29, 0.717) is 18.1 Å². The average molecular weight is 301 g/mol. The molecule has 0 amide bonds. The molecule has 0 heterocycles. The van der Waals surface area contributed by atoms with E-state index >= 15 is 0 Å². The lowest BCUT2D eigenvalue weighted by Gasteiger charge is -2.08. The molecule has 0 unspecified atom stereocenters. The van der Waals surface area contributed by atoms with Crippen LogP contribution in [0, 0.1) is 5.92 Å². The van der Waals surface area contributed by atoms with Gasteiger partial charge in [-0.05, 0) is 18.1 Å². The van der Waals surface area contributed by atoms with Crippen molar-refractivity contribution in [3.8, 4) is 0 Å². The van der Waals surface area contributed by atoms with Crippen LogP contribution in [0.25, 0.3) is 0 Å². The molecule has 2 N–H and O–H groups in total. The molecule has 0 bridgehead atoms. The molecule has 106 valence electrons. The Labute approximate surface area is 119 Å². The molecule has 0 fully saturated rings. The molecule has 0 saturated heterocycles. The summed E-state index contributed by atoms with van der Waals surface area (Å²) in [5.41, 5.74) is 6.12. The number of sulfone groups is 1. The lowest BCUT2D eigenvalue weighted by Crippen LogP contribution is -2.15. The van der Waals surface area contributed by atoms with Gasteiger partial charge in [0.1, 0.15) is 4.99 Å². The third kappa shape index (κ3) is 5.26. The molecular formula is C13H19NO3S2. The van der Waals surface area contributed by atoms with E-state index in [2.05, 4.69) is 0 Å². The lowest BCUT2D eigenvalue weighted by atomic mass is 10.2. The zero-order valence-corrected chi connectivity index (χ0v) is 12.8. The highest BCUT2D eigenvalue weighted by Crippen LogP contribution is 2.12. The Morgan fingerprint density at radius 2 is 1.89 bits per heavy atom. The number of hydrogen-bond acceptors (Lipinski definition) is 4. The van der Waals surface area contributed by atoms with Crippen LogP contribution in [0.3, 0.4) is 0 Å². The Hall–Kier alpha value is -0.980. The number of rotatable bonds is 7. The van der Waals surface area contributed by atoms with Gasteiger partial charge in [0.15, 0.2) is 9.84 Å². The Morgan fingerprint density at radius 3 is 2.37 bits per heavy atom. The number of ether oxygens (including phenoxy) is 1. The van der Waals surface area contributed by atoms with Gasteiger partial charge in [-0.25, -0.2) is 8.42 Å². The number of nitrogens with two attached hydrogens (primary N) is 1. The van der Waals surface area contributed by atoms with Crippen LogP contribution in [0.4, 0.5) is 0 Å². The number of benzene rings is 1. The van der Waals surface area contributed by atoms with Crippen molar-refractivity contribution < 1.29 is 13.2 Å². The topological polar surface area (TPSA) is 69.4 Å². The predicted molar refractivity (Wildman–Crippen MR) is 80.0 cm³/mol. The van der Waals surface area contributed by atoms with Crippen molar-refractivity contribution in [2.75, 3.05) is 19.0 Å². The molecule has 0 radical (unpaired) electrons. The molecule has 0 aliphatic carbocycles. The number of thiocarbonyl (C=S) groups is 1. The van der Waals surface area contributed by atoms with Gasteiger partial charge in [0, 0.05) is 12.2 Å². The van der Waals surface area contributed by atoms with E-state index < -0.39 is 9.84 Å². The minimum atomic E-state index is -3.31. The van der Waals surface area contributed by atoms with E-state index in [-0.39, 0.29) is 22.2 Å². The van der Waals surface area contributed by atoms with E-state index in [1.807, 2.05) is 13.8 Å². The van der Waals surface area contributed by atoms with Crippen LogP contribution in [0.15, 0.2) is 29.2 Å². The highest BCUT2D eigenvalue weighted by Gasteiger charge is 2.14. The fourth-order valence-corrected chi connectivity index (χ4v) is 2.69. The quantitative estimate of drug-likeness (QED) is 0.614. The van der Waals surface area contributed by atoms with Crippen LogP contribution in [0.2, 0.25) is 0 Å². The second-order valence-corrected chi connectivity index (χ2v) is 7.23. The molecule has 4 nitrogen and oxygen atoms in total. The second-order valence-electron chi connectivity index (χ2n) is 4.68. The highest BCUT2D eigenvalue weighted by atomic mass is 32.2. The summed E-state index contributed by atoms with van der Waals surface area (Å²) in [5, 5.41) is 0. The summed E-state index contributed by atoms with van der Waals surface area (Å²) in [4.78, 5) is 0.518. The van der Waals surface area contributed by atoms with Crippen LogP contribution < -0.4 is 5.73 Å². The van der Waals surface area contributed by atoms with Gasteiger partial charge in [-0.15, -0.1) is 0 Å². The first-order valence-electron chi connectivity index (χ1n) is 6.03. The first-order chi connectivity index (χ1) is 8.83. The van der Waals surface area contributed by atoms with Gasteiger partial charge in [-0.3, -0.25) is 0 Å². The van der Waals surface area contributed by atoms with Gasteiger partial charge in [0.25, 0.3) is 0 Å². The monoisotopic (exact) mass is 301 g/mol. The predicted octanol–water partition coefficient (Wildman–Crippen LogP) is 1.77. The van der Waals surface area contributed by atoms with Crippen LogP contribution in [-0.4, -0.2) is 32.4 Å². The van der Waals surface area contributed by atoms with Gasteiger partial charge < -0.3 is 10.5 Å². The minimum absolute atomic E-state index is 0.0217. The van der Waals surface area contributed by atoms with Crippen LogP contribution >= 0.6 is 12.2 Å². The van der Waals surface area contributed by atoms with Crippen molar-refractivity contribution >= 4 is 27.0 Å². The molecule has 1 aromatic rings. The van der Waals surface area contributed by atoms with E-state index in [1.165, 1.54) is 12.1 Å². The van der Waals surface area contributed by atoms with Crippen LogP contribution in [-0.2, 0) is 14.6 Å². The molecule has 19 heavy (non-hydrogen) atoms. The Morgan fingerprint density at radius 1 is 1.32 bits per heavy atom. The summed E-state index contributed by atoms with van der Waals surface area (Å²) in [6, 6.07) is 6.27. The smallest absolute Gasteiger partial charge is 0.180 e. The minimum Gasteiger partial charge on any atom is -0.389 e. The zero-order valence-electron chi connectivity index (χ0n) is 11.1. The Balaban J connectivity index is 2.64. The van der Waals surface area contributed by atoms with Crippen molar-refractivity contribution in [3.05, 3.63) is 29.8 Å². The second kappa shape index (κ2) is 6.98. The van der Waals surface area contributed by atoms with Crippen molar-refractivity contribution in [3.63, 3.8) is 0 Å². The van der Waals surface area contributed by atoms with Crippen molar-refractivity contribution in [2.45, 2.75) is 18.7 Å². The van der Waals surface area contributed by atoms with E-state index in [0.717, 1.165) is 0 Å². The van der Waals surface area contributed by atoms with Gasteiger partial charge in [0.05, 0.1) is 17.3 Å². The Bertz CT molecular complexity index is 521. The first-order valence-corrected chi connectivity index (χ1v) is 8.09. The van der Waals surface area contributed by atoms with Crippen LogP contribution in [0.5, 0.6) is 0 Å². The van der Waals surface area contributed by atoms with E-state index in [1.54, 1.807) is 12.1 Å². The number of hydrogen-bond donors (Lipinski definition) is 1. The molecule has 0 spiro atoms. The maximum absolute atomic E-state index is 12.0. The SMILES string of the molecule is CC(C)COCCS(=O)(=O)c1ccc(C(N)=S)cc1. The van der Waals surface area contributed by atoms with Crippen LogP contribution in [0.1, 0.15) is 19.4 Å². The van der Waals surface area contributed by atoms with E-state index in [9.17, 15) is 8.42 Å². The maximum Gasteiger partial charge on any atom is 0.180 e. The largest absolute Gasteiger partial charge is 0.389 e. The molecule has 0 aliphatic heterocycles. The summed E-state index contributed by atoms with van der Waals surface area (Å²) in [7, 11) is -3.31. The molecule has 6 heteroatoms. The summed E-state index contributed by atoms with van der Waals surface area (Å²) in [5.74, 6) is 0.374. The first kappa shape index (κ1) is 16.1.